The van der Waals surface area contributed by atoms with E-state index < -0.39 is 11.6 Å². The van der Waals surface area contributed by atoms with Gasteiger partial charge < -0.3 is 11.1 Å². The summed E-state index contributed by atoms with van der Waals surface area (Å²) in [5.41, 5.74) is 5.49. The molecule has 0 amide bonds. The lowest BCUT2D eigenvalue weighted by molar-refractivity contribution is 0.326. The molecule has 0 aromatic heterocycles. The standard InChI is InChI=1S/C14H17F2N3S/c15-12-10(14(17)20)3-4-11(13(12)16)18-8-5-6-19(7-8)9-1-2-9/h3-4,8-9,18H,1-2,5-7H2,(H2,17,20). The summed E-state index contributed by atoms with van der Waals surface area (Å²) in [4.78, 5) is 2.28. The Balaban J connectivity index is 1.71. The van der Waals surface area contributed by atoms with Crippen LogP contribution in [0.1, 0.15) is 24.8 Å². The highest BCUT2D eigenvalue weighted by Crippen LogP contribution is 2.31. The molecule has 3 nitrogen and oxygen atoms in total. The molecule has 1 saturated carbocycles. The fourth-order valence-corrected chi connectivity index (χ4v) is 2.91. The molecule has 2 aliphatic rings. The molecule has 1 aliphatic carbocycles. The summed E-state index contributed by atoms with van der Waals surface area (Å²) in [5.74, 6) is -1.88. The third-order valence-corrected chi connectivity index (χ3v) is 4.21. The van der Waals surface area contributed by atoms with E-state index in [9.17, 15) is 8.78 Å². The topological polar surface area (TPSA) is 41.3 Å². The molecular weight excluding hydrogens is 280 g/mol. The molecule has 1 aliphatic heterocycles. The maximum atomic E-state index is 14.0. The van der Waals surface area contributed by atoms with Gasteiger partial charge in [0.2, 0.25) is 0 Å². The zero-order chi connectivity index (χ0) is 14.3. The largest absolute Gasteiger partial charge is 0.389 e. The van der Waals surface area contributed by atoms with Gasteiger partial charge in [-0.05, 0) is 31.4 Å². The van der Waals surface area contributed by atoms with Crippen molar-refractivity contribution in [1.29, 1.82) is 0 Å². The zero-order valence-corrected chi connectivity index (χ0v) is 11.9. The van der Waals surface area contributed by atoms with Crippen molar-refractivity contribution in [3.63, 3.8) is 0 Å². The highest BCUT2D eigenvalue weighted by atomic mass is 32.1. The first-order valence-corrected chi connectivity index (χ1v) is 7.25. The molecule has 6 heteroatoms. The van der Waals surface area contributed by atoms with Crippen LogP contribution in [0.25, 0.3) is 0 Å². The molecule has 3 rings (SSSR count). The second-order valence-electron chi connectivity index (χ2n) is 5.51. The minimum absolute atomic E-state index is 0.0471. The summed E-state index contributed by atoms with van der Waals surface area (Å²) in [6.07, 6.45) is 3.48. The van der Waals surface area contributed by atoms with Crippen LogP contribution in [0.4, 0.5) is 14.5 Å². The van der Waals surface area contributed by atoms with Gasteiger partial charge >= 0.3 is 0 Å². The molecule has 0 spiro atoms. The van der Waals surface area contributed by atoms with E-state index in [0.717, 1.165) is 19.5 Å². The number of anilines is 1. The molecule has 0 bridgehead atoms. The van der Waals surface area contributed by atoms with Crippen LogP contribution in [0.3, 0.4) is 0 Å². The zero-order valence-electron chi connectivity index (χ0n) is 11.0. The smallest absolute Gasteiger partial charge is 0.182 e. The molecule has 0 radical (unpaired) electrons. The minimum Gasteiger partial charge on any atom is -0.389 e. The van der Waals surface area contributed by atoms with Crippen molar-refractivity contribution in [3.8, 4) is 0 Å². The average Bonchev–Trinajstić information content (AvgIpc) is 3.15. The van der Waals surface area contributed by atoms with Crippen LogP contribution in [-0.2, 0) is 0 Å². The third kappa shape index (κ3) is 2.62. The first-order chi connectivity index (χ1) is 9.56. The van der Waals surface area contributed by atoms with Gasteiger partial charge in [-0.15, -0.1) is 0 Å². The Morgan fingerprint density at radius 1 is 1.25 bits per heavy atom. The van der Waals surface area contributed by atoms with Gasteiger partial charge in [0.25, 0.3) is 0 Å². The lowest BCUT2D eigenvalue weighted by atomic mass is 10.1. The van der Waals surface area contributed by atoms with E-state index in [0.29, 0.717) is 6.04 Å². The Morgan fingerprint density at radius 2 is 2.00 bits per heavy atom. The fourth-order valence-electron chi connectivity index (χ4n) is 2.75. The molecule has 3 N–H and O–H groups in total. The number of hydrogen-bond acceptors (Lipinski definition) is 3. The van der Waals surface area contributed by atoms with Crippen LogP contribution >= 0.6 is 12.2 Å². The third-order valence-electron chi connectivity index (χ3n) is 3.99. The van der Waals surface area contributed by atoms with Crippen molar-refractivity contribution in [2.45, 2.75) is 31.3 Å². The summed E-state index contributed by atoms with van der Waals surface area (Å²) in [6, 6.07) is 3.81. The molecule has 2 fully saturated rings. The predicted molar refractivity (Wildman–Crippen MR) is 78.9 cm³/mol. The lowest BCUT2D eigenvalue weighted by Crippen LogP contribution is -2.28. The molecule has 1 heterocycles. The molecule has 20 heavy (non-hydrogen) atoms. The van der Waals surface area contributed by atoms with E-state index in [2.05, 4.69) is 10.2 Å². The van der Waals surface area contributed by atoms with Gasteiger partial charge in [-0.25, -0.2) is 8.78 Å². The van der Waals surface area contributed by atoms with Crippen molar-refractivity contribution >= 4 is 22.9 Å². The second-order valence-corrected chi connectivity index (χ2v) is 5.95. The van der Waals surface area contributed by atoms with E-state index in [1.807, 2.05) is 0 Å². The van der Waals surface area contributed by atoms with Crippen LogP contribution in [0, 0.1) is 11.6 Å². The van der Waals surface area contributed by atoms with Crippen molar-refractivity contribution < 1.29 is 8.78 Å². The van der Waals surface area contributed by atoms with Crippen molar-refractivity contribution in [2.24, 2.45) is 5.73 Å². The summed E-state index contributed by atoms with van der Waals surface area (Å²) in [7, 11) is 0. The van der Waals surface area contributed by atoms with Crippen LogP contribution in [-0.4, -0.2) is 35.1 Å². The summed E-state index contributed by atoms with van der Waals surface area (Å²) in [5, 5.41) is 3.09. The highest BCUT2D eigenvalue weighted by molar-refractivity contribution is 7.80. The van der Waals surface area contributed by atoms with E-state index in [4.69, 9.17) is 18.0 Å². The second kappa shape index (κ2) is 5.26. The van der Waals surface area contributed by atoms with Gasteiger partial charge in [0, 0.05) is 30.7 Å². The number of nitrogens with two attached hydrogens (primary N) is 1. The molecule has 1 unspecified atom stereocenters. The number of nitrogens with one attached hydrogen (secondary N) is 1. The predicted octanol–water partition coefficient (Wildman–Crippen LogP) is 2.25. The summed E-state index contributed by atoms with van der Waals surface area (Å²) < 4.78 is 27.8. The first-order valence-electron chi connectivity index (χ1n) is 6.84. The monoisotopic (exact) mass is 297 g/mol. The summed E-state index contributed by atoms with van der Waals surface area (Å²) in [6.45, 7) is 1.92. The number of benzene rings is 1. The molecular formula is C14H17F2N3S. The van der Waals surface area contributed by atoms with E-state index in [-0.39, 0.29) is 22.3 Å². The Bertz CT molecular complexity index is 545. The van der Waals surface area contributed by atoms with Crippen molar-refractivity contribution in [1.82, 2.24) is 4.90 Å². The molecule has 1 aromatic carbocycles. The van der Waals surface area contributed by atoms with Crippen LogP contribution < -0.4 is 11.1 Å². The van der Waals surface area contributed by atoms with Crippen LogP contribution in [0.5, 0.6) is 0 Å². The Morgan fingerprint density at radius 3 is 2.65 bits per heavy atom. The van der Waals surface area contributed by atoms with E-state index in [1.54, 1.807) is 0 Å². The quantitative estimate of drug-likeness (QED) is 0.837. The van der Waals surface area contributed by atoms with Crippen LogP contribution in [0.15, 0.2) is 12.1 Å². The van der Waals surface area contributed by atoms with Gasteiger partial charge in [-0.2, -0.15) is 0 Å². The Hall–Kier alpha value is -1.27. The number of rotatable bonds is 4. The number of halogens is 2. The Kier molecular flexibility index (Phi) is 3.60. The number of nitrogens with zero attached hydrogens (tertiary/aromatic N) is 1. The van der Waals surface area contributed by atoms with Gasteiger partial charge in [0.1, 0.15) is 4.99 Å². The Labute approximate surface area is 122 Å². The number of likely N-dealkylation sites (tertiary alicyclic amines) is 1. The lowest BCUT2D eigenvalue weighted by Gasteiger charge is -2.17. The summed E-state index contributed by atoms with van der Waals surface area (Å²) >= 11 is 4.69. The fraction of sp³-hybridized carbons (Fsp3) is 0.500. The van der Waals surface area contributed by atoms with E-state index >= 15 is 0 Å². The number of hydrogen-bond donors (Lipinski definition) is 2. The van der Waals surface area contributed by atoms with Gasteiger partial charge in [0.15, 0.2) is 11.6 Å². The van der Waals surface area contributed by atoms with Gasteiger partial charge in [0.05, 0.1) is 5.69 Å². The minimum atomic E-state index is -0.973. The highest BCUT2D eigenvalue weighted by Gasteiger charge is 2.34. The van der Waals surface area contributed by atoms with E-state index in [1.165, 1.54) is 25.0 Å². The maximum absolute atomic E-state index is 14.0. The molecule has 108 valence electrons. The SMILES string of the molecule is NC(=S)c1ccc(NC2CCN(C3CC3)C2)c(F)c1F. The van der Waals surface area contributed by atoms with Crippen molar-refractivity contribution in [2.75, 3.05) is 18.4 Å². The average molecular weight is 297 g/mol. The van der Waals surface area contributed by atoms with Gasteiger partial charge in [-0.1, -0.05) is 12.2 Å². The molecule has 1 saturated heterocycles. The number of thiocarbonyl (C=S) groups is 1. The molecule has 1 atom stereocenters. The normalized spacial score (nSPS) is 23.0. The van der Waals surface area contributed by atoms with Gasteiger partial charge in [-0.3, -0.25) is 4.90 Å². The van der Waals surface area contributed by atoms with Crippen LogP contribution in [0.2, 0.25) is 0 Å². The van der Waals surface area contributed by atoms with Crippen molar-refractivity contribution in [3.05, 3.63) is 29.3 Å². The maximum Gasteiger partial charge on any atom is 0.182 e. The molecule has 1 aromatic rings. The first kappa shape index (κ1) is 13.7.